The van der Waals surface area contributed by atoms with Gasteiger partial charge < -0.3 is 10.4 Å². The van der Waals surface area contributed by atoms with Crippen LogP contribution in [0.1, 0.15) is 24.8 Å². The Morgan fingerprint density at radius 2 is 2.27 bits per heavy atom. The second-order valence-corrected chi connectivity index (χ2v) is 4.17. The van der Waals surface area contributed by atoms with E-state index in [2.05, 4.69) is 18.3 Å². The summed E-state index contributed by atoms with van der Waals surface area (Å²) < 4.78 is 0. The van der Waals surface area contributed by atoms with Crippen LogP contribution >= 0.6 is 11.6 Å². The van der Waals surface area contributed by atoms with Crippen LogP contribution in [0.2, 0.25) is 5.02 Å². The molecule has 0 spiro atoms. The van der Waals surface area contributed by atoms with Crippen molar-refractivity contribution in [2.75, 3.05) is 19.7 Å². The highest BCUT2D eigenvalue weighted by Crippen LogP contribution is 2.18. The first-order chi connectivity index (χ1) is 7.24. The van der Waals surface area contributed by atoms with Crippen LogP contribution < -0.4 is 5.32 Å². The van der Waals surface area contributed by atoms with Crippen molar-refractivity contribution in [1.82, 2.24) is 5.32 Å². The highest BCUT2D eigenvalue weighted by Gasteiger charge is 2.04. The van der Waals surface area contributed by atoms with Crippen LogP contribution in [-0.4, -0.2) is 24.8 Å². The molecule has 0 aromatic heterocycles. The number of hydrogen-bond acceptors (Lipinski definition) is 2. The monoisotopic (exact) mass is 227 g/mol. The lowest BCUT2D eigenvalue weighted by Crippen LogP contribution is -2.21. The minimum atomic E-state index is 0.249. The van der Waals surface area contributed by atoms with Gasteiger partial charge in [-0.15, -0.1) is 0 Å². The molecule has 1 atom stereocenters. The van der Waals surface area contributed by atoms with Gasteiger partial charge in [0.2, 0.25) is 0 Å². The highest BCUT2D eigenvalue weighted by molar-refractivity contribution is 6.30. The molecule has 2 N–H and O–H groups in total. The van der Waals surface area contributed by atoms with E-state index in [0.717, 1.165) is 24.5 Å². The molecule has 1 aromatic rings. The average Bonchev–Trinajstić information content (AvgIpc) is 2.24. The maximum Gasteiger partial charge on any atom is 0.0443 e. The molecule has 0 fully saturated rings. The number of rotatable bonds is 6. The summed E-state index contributed by atoms with van der Waals surface area (Å²) in [6.45, 7) is 4.19. The van der Waals surface area contributed by atoms with Crippen LogP contribution in [0.3, 0.4) is 0 Å². The SMILES string of the molecule is C[C@@H](CNCCCO)c1cccc(Cl)c1. The number of aliphatic hydroxyl groups excluding tert-OH is 1. The Balaban J connectivity index is 2.36. The molecular weight excluding hydrogens is 210 g/mol. The molecule has 1 aromatic carbocycles. The molecule has 0 radical (unpaired) electrons. The van der Waals surface area contributed by atoms with Gasteiger partial charge in [0.05, 0.1) is 0 Å². The summed E-state index contributed by atoms with van der Waals surface area (Å²) in [6, 6.07) is 7.95. The molecule has 84 valence electrons. The van der Waals surface area contributed by atoms with Gasteiger partial charge in [0.15, 0.2) is 0 Å². The van der Waals surface area contributed by atoms with Gasteiger partial charge in [-0.1, -0.05) is 30.7 Å². The third-order valence-corrected chi connectivity index (χ3v) is 2.61. The molecule has 0 heterocycles. The number of halogens is 1. The molecule has 0 bridgehead atoms. The molecule has 15 heavy (non-hydrogen) atoms. The van der Waals surface area contributed by atoms with Crippen molar-refractivity contribution in [2.45, 2.75) is 19.3 Å². The van der Waals surface area contributed by atoms with E-state index in [9.17, 15) is 0 Å². The molecule has 2 nitrogen and oxygen atoms in total. The highest BCUT2D eigenvalue weighted by atomic mass is 35.5. The second-order valence-electron chi connectivity index (χ2n) is 3.74. The number of nitrogens with one attached hydrogen (secondary N) is 1. The predicted octanol–water partition coefficient (Wildman–Crippen LogP) is 2.42. The molecule has 0 amide bonds. The van der Waals surface area contributed by atoms with Crippen molar-refractivity contribution < 1.29 is 5.11 Å². The Morgan fingerprint density at radius 3 is 2.93 bits per heavy atom. The Morgan fingerprint density at radius 1 is 1.47 bits per heavy atom. The first kappa shape index (κ1) is 12.5. The Labute approximate surface area is 96.3 Å². The molecular formula is C12H18ClNO. The number of hydrogen-bond donors (Lipinski definition) is 2. The molecule has 0 aliphatic heterocycles. The largest absolute Gasteiger partial charge is 0.396 e. The summed E-state index contributed by atoms with van der Waals surface area (Å²) in [5, 5.41) is 12.7. The first-order valence-electron chi connectivity index (χ1n) is 5.31. The normalized spacial score (nSPS) is 12.7. The first-order valence-corrected chi connectivity index (χ1v) is 5.69. The summed E-state index contributed by atoms with van der Waals surface area (Å²) in [7, 11) is 0. The number of aliphatic hydroxyl groups is 1. The third kappa shape index (κ3) is 4.65. The van der Waals surface area contributed by atoms with Gasteiger partial charge in [-0.05, 0) is 36.6 Å². The summed E-state index contributed by atoms with van der Waals surface area (Å²) in [5.74, 6) is 0.447. The van der Waals surface area contributed by atoms with Gasteiger partial charge in [-0.3, -0.25) is 0 Å². The Hall–Kier alpha value is -0.570. The van der Waals surface area contributed by atoms with E-state index in [1.165, 1.54) is 5.56 Å². The smallest absolute Gasteiger partial charge is 0.0443 e. The molecule has 0 aliphatic rings. The zero-order valence-corrected chi connectivity index (χ0v) is 9.80. The molecule has 0 saturated heterocycles. The molecule has 1 rings (SSSR count). The summed E-state index contributed by atoms with van der Waals surface area (Å²) in [4.78, 5) is 0. The lowest BCUT2D eigenvalue weighted by atomic mass is 10.0. The van der Waals surface area contributed by atoms with Gasteiger partial charge in [0.25, 0.3) is 0 Å². The van der Waals surface area contributed by atoms with E-state index in [4.69, 9.17) is 16.7 Å². The van der Waals surface area contributed by atoms with Crippen molar-refractivity contribution >= 4 is 11.6 Å². The van der Waals surface area contributed by atoms with Crippen molar-refractivity contribution in [3.8, 4) is 0 Å². The molecule has 3 heteroatoms. The van der Waals surface area contributed by atoms with Crippen molar-refractivity contribution in [1.29, 1.82) is 0 Å². The average molecular weight is 228 g/mol. The van der Waals surface area contributed by atoms with E-state index in [1.54, 1.807) is 0 Å². The predicted molar refractivity (Wildman–Crippen MR) is 64.4 cm³/mol. The zero-order valence-electron chi connectivity index (χ0n) is 9.04. The van der Waals surface area contributed by atoms with Gasteiger partial charge in [0.1, 0.15) is 0 Å². The fourth-order valence-corrected chi connectivity index (χ4v) is 1.65. The van der Waals surface area contributed by atoms with E-state index >= 15 is 0 Å². The minimum Gasteiger partial charge on any atom is -0.396 e. The van der Waals surface area contributed by atoms with Crippen LogP contribution in [0, 0.1) is 0 Å². The van der Waals surface area contributed by atoms with Crippen LogP contribution in [0.4, 0.5) is 0 Å². The van der Waals surface area contributed by atoms with Crippen molar-refractivity contribution in [2.24, 2.45) is 0 Å². The van der Waals surface area contributed by atoms with Crippen LogP contribution in [0.15, 0.2) is 24.3 Å². The summed E-state index contributed by atoms with van der Waals surface area (Å²) >= 11 is 5.92. The van der Waals surface area contributed by atoms with E-state index in [1.807, 2.05) is 18.2 Å². The summed E-state index contributed by atoms with van der Waals surface area (Å²) in [6.07, 6.45) is 0.808. The fraction of sp³-hybridized carbons (Fsp3) is 0.500. The van der Waals surface area contributed by atoms with E-state index in [-0.39, 0.29) is 6.61 Å². The van der Waals surface area contributed by atoms with Gasteiger partial charge in [-0.25, -0.2) is 0 Å². The zero-order chi connectivity index (χ0) is 11.1. The van der Waals surface area contributed by atoms with Gasteiger partial charge in [-0.2, -0.15) is 0 Å². The maximum atomic E-state index is 8.63. The lowest BCUT2D eigenvalue weighted by Gasteiger charge is -2.13. The van der Waals surface area contributed by atoms with Crippen molar-refractivity contribution in [3.63, 3.8) is 0 Å². The third-order valence-electron chi connectivity index (χ3n) is 2.38. The van der Waals surface area contributed by atoms with Crippen LogP contribution in [0.5, 0.6) is 0 Å². The maximum absolute atomic E-state index is 8.63. The summed E-state index contributed by atoms with van der Waals surface area (Å²) in [5.41, 5.74) is 1.25. The lowest BCUT2D eigenvalue weighted by molar-refractivity contribution is 0.286. The van der Waals surface area contributed by atoms with Gasteiger partial charge >= 0.3 is 0 Å². The van der Waals surface area contributed by atoms with E-state index in [0.29, 0.717) is 5.92 Å². The fourth-order valence-electron chi connectivity index (χ4n) is 1.45. The Bertz CT molecular complexity index is 291. The molecule has 0 saturated carbocycles. The van der Waals surface area contributed by atoms with Crippen LogP contribution in [0.25, 0.3) is 0 Å². The minimum absolute atomic E-state index is 0.249. The second kappa shape index (κ2) is 6.83. The Kier molecular flexibility index (Phi) is 5.69. The quantitative estimate of drug-likeness (QED) is 0.732. The molecule has 0 aliphatic carbocycles. The number of benzene rings is 1. The molecule has 0 unspecified atom stereocenters. The van der Waals surface area contributed by atoms with Crippen LogP contribution in [-0.2, 0) is 0 Å². The topological polar surface area (TPSA) is 32.3 Å². The van der Waals surface area contributed by atoms with E-state index < -0.39 is 0 Å². The van der Waals surface area contributed by atoms with Crippen molar-refractivity contribution in [3.05, 3.63) is 34.9 Å². The van der Waals surface area contributed by atoms with Gasteiger partial charge in [0, 0.05) is 18.2 Å². The standard InChI is InChI=1S/C12H18ClNO/c1-10(9-14-6-3-7-15)11-4-2-5-12(13)8-11/h2,4-5,8,10,14-15H,3,6-7,9H2,1H3/t10-/m0/s1.